The first-order chi connectivity index (χ1) is 12.1. The highest BCUT2D eigenvalue weighted by atomic mass is 35.5. The molecule has 0 amide bonds. The van der Waals surface area contributed by atoms with E-state index in [0.29, 0.717) is 30.7 Å². The number of furan rings is 1. The highest BCUT2D eigenvalue weighted by Crippen LogP contribution is 2.39. The number of hydrogen-bond acceptors (Lipinski definition) is 6. The van der Waals surface area contributed by atoms with E-state index in [-0.39, 0.29) is 6.04 Å². The lowest BCUT2D eigenvalue weighted by molar-refractivity contribution is 0.00813. The standard InChI is InChI=1S/C18H20ClN3O2S/c1-10(20)5-14-16(11-8-23-9-11)17-18(24-14)13(6-15(19)22-17)21-7-12-3-2-4-25-12/h2-4,6,10-11H,5,7-9,20H2,1H3,(H,21,22)/t10-/m0/s1. The van der Waals surface area contributed by atoms with Gasteiger partial charge in [0.1, 0.15) is 16.4 Å². The van der Waals surface area contributed by atoms with Crippen LogP contribution in [0.2, 0.25) is 5.15 Å². The lowest BCUT2D eigenvalue weighted by Crippen LogP contribution is -2.27. The Balaban J connectivity index is 1.76. The van der Waals surface area contributed by atoms with Crippen molar-refractivity contribution in [2.45, 2.75) is 31.8 Å². The zero-order chi connectivity index (χ0) is 17.4. The van der Waals surface area contributed by atoms with E-state index < -0.39 is 0 Å². The number of hydrogen-bond donors (Lipinski definition) is 2. The van der Waals surface area contributed by atoms with Gasteiger partial charge in [-0.2, -0.15) is 0 Å². The number of fused-ring (bicyclic) bond motifs is 1. The zero-order valence-corrected chi connectivity index (χ0v) is 15.5. The third kappa shape index (κ3) is 3.40. The van der Waals surface area contributed by atoms with Crippen LogP contribution < -0.4 is 11.1 Å². The molecule has 0 bridgehead atoms. The van der Waals surface area contributed by atoms with E-state index in [1.807, 2.05) is 19.1 Å². The van der Waals surface area contributed by atoms with Gasteiger partial charge in [-0.15, -0.1) is 11.3 Å². The van der Waals surface area contributed by atoms with E-state index in [0.717, 1.165) is 34.7 Å². The fourth-order valence-electron chi connectivity index (χ4n) is 3.09. The van der Waals surface area contributed by atoms with Crippen LogP contribution in [0.5, 0.6) is 0 Å². The topological polar surface area (TPSA) is 73.3 Å². The molecule has 3 aromatic rings. The molecular weight excluding hydrogens is 358 g/mol. The van der Waals surface area contributed by atoms with Gasteiger partial charge in [-0.3, -0.25) is 0 Å². The SMILES string of the molecule is C[C@H](N)Cc1oc2c(NCc3cccs3)cc(Cl)nc2c1C1COC1. The van der Waals surface area contributed by atoms with Gasteiger partial charge in [0.2, 0.25) is 0 Å². The van der Waals surface area contributed by atoms with Gasteiger partial charge in [0.15, 0.2) is 5.58 Å². The van der Waals surface area contributed by atoms with Crippen molar-refractivity contribution < 1.29 is 9.15 Å². The van der Waals surface area contributed by atoms with Crippen molar-refractivity contribution in [3.8, 4) is 0 Å². The average molecular weight is 378 g/mol. The second-order valence-corrected chi connectivity index (χ2v) is 7.88. The minimum absolute atomic E-state index is 0.0123. The monoisotopic (exact) mass is 377 g/mol. The van der Waals surface area contributed by atoms with Crippen molar-refractivity contribution in [3.05, 3.63) is 44.9 Å². The third-order valence-electron chi connectivity index (χ3n) is 4.31. The van der Waals surface area contributed by atoms with Crippen molar-refractivity contribution in [2.75, 3.05) is 18.5 Å². The number of thiophene rings is 1. The Bertz CT molecular complexity index is 872. The molecule has 0 radical (unpaired) electrons. The molecule has 1 aliphatic rings. The summed E-state index contributed by atoms with van der Waals surface area (Å²) in [5, 5.41) is 5.95. The quantitative estimate of drug-likeness (QED) is 0.631. The summed E-state index contributed by atoms with van der Waals surface area (Å²) in [5.41, 5.74) is 9.55. The second-order valence-electron chi connectivity index (χ2n) is 6.46. The van der Waals surface area contributed by atoms with Crippen LogP contribution in [-0.4, -0.2) is 24.2 Å². The number of rotatable bonds is 6. The summed E-state index contributed by atoms with van der Waals surface area (Å²) < 4.78 is 11.6. The summed E-state index contributed by atoms with van der Waals surface area (Å²) in [6.07, 6.45) is 0.671. The van der Waals surface area contributed by atoms with Crippen molar-refractivity contribution in [1.29, 1.82) is 0 Å². The Kier molecular flexibility index (Phi) is 4.69. The van der Waals surface area contributed by atoms with Gasteiger partial charge in [0.25, 0.3) is 0 Å². The van der Waals surface area contributed by atoms with E-state index in [9.17, 15) is 0 Å². The lowest BCUT2D eigenvalue weighted by atomic mass is 9.94. The number of pyridine rings is 1. The lowest BCUT2D eigenvalue weighted by Gasteiger charge is -2.26. The first-order valence-corrected chi connectivity index (χ1v) is 9.59. The summed E-state index contributed by atoms with van der Waals surface area (Å²) in [6, 6.07) is 5.97. The predicted octanol–water partition coefficient (Wildman–Crippen LogP) is 4.16. The number of aromatic nitrogens is 1. The van der Waals surface area contributed by atoms with E-state index in [4.69, 9.17) is 26.5 Å². The number of halogens is 1. The Labute approximate surface area is 155 Å². The van der Waals surface area contributed by atoms with Crippen LogP contribution in [-0.2, 0) is 17.7 Å². The molecule has 25 heavy (non-hydrogen) atoms. The highest BCUT2D eigenvalue weighted by molar-refractivity contribution is 7.09. The smallest absolute Gasteiger partial charge is 0.176 e. The van der Waals surface area contributed by atoms with Gasteiger partial charge in [0.05, 0.1) is 18.9 Å². The van der Waals surface area contributed by atoms with Crippen LogP contribution >= 0.6 is 22.9 Å². The van der Waals surface area contributed by atoms with Crippen LogP contribution in [0.1, 0.15) is 29.0 Å². The summed E-state index contributed by atoms with van der Waals surface area (Å²) >= 11 is 8.00. The molecule has 4 rings (SSSR count). The van der Waals surface area contributed by atoms with Gasteiger partial charge in [-0.05, 0) is 18.4 Å². The molecule has 1 aliphatic heterocycles. The van der Waals surface area contributed by atoms with Gasteiger partial charge in [-0.1, -0.05) is 17.7 Å². The van der Waals surface area contributed by atoms with Crippen LogP contribution in [0.25, 0.3) is 11.1 Å². The zero-order valence-electron chi connectivity index (χ0n) is 13.9. The summed E-state index contributed by atoms with van der Waals surface area (Å²) in [6.45, 7) is 4.07. The number of nitrogens with one attached hydrogen (secondary N) is 1. The second kappa shape index (κ2) is 6.96. The molecule has 1 atom stereocenters. The van der Waals surface area contributed by atoms with E-state index in [1.165, 1.54) is 4.88 Å². The van der Waals surface area contributed by atoms with E-state index in [2.05, 4.69) is 21.7 Å². The Hall–Kier alpha value is -1.60. The van der Waals surface area contributed by atoms with E-state index in [1.54, 1.807) is 11.3 Å². The molecule has 3 N–H and O–H groups in total. The fourth-order valence-corrected chi connectivity index (χ4v) is 3.93. The van der Waals surface area contributed by atoms with Crippen LogP contribution in [0.3, 0.4) is 0 Å². The minimum Gasteiger partial charge on any atom is -0.457 e. The molecule has 1 saturated heterocycles. The fraction of sp³-hybridized carbons (Fsp3) is 0.389. The molecule has 3 aromatic heterocycles. The Morgan fingerprint density at radius 3 is 2.96 bits per heavy atom. The summed E-state index contributed by atoms with van der Waals surface area (Å²) in [5.74, 6) is 1.19. The first kappa shape index (κ1) is 16.8. The maximum Gasteiger partial charge on any atom is 0.176 e. The maximum atomic E-state index is 6.29. The molecule has 1 fully saturated rings. The van der Waals surface area contributed by atoms with Crippen LogP contribution in [0.4, 0.5) is 5.69 Å². The normalized spacial score (nSPS) is 16.1. The predicted molar refractivity (Wildman–Crippen MR) is 102 cm³/mol. The number of nitrogens with zero attached hydrogens (tertiary/aromatic N) is 1. The van der Waals surface area contributed by atoms with Crippen LogP contribution in [0.15, 0.2) is 28.0 Å². The first-order valence-electron chi connectivity index (χ1n) is 8.33. The van der Waals surface area contributed by atoms with Crippen molar-refractivity contribution in [2.24, 2.45) is 5.73 Å². The average Bonchev–Trinajstić information content (AvgIpc) is 3.12. The largest absolute Gasteiger partial charge is 0.457 e. The van der Waals surface area contributed by atoms with Gasteiger partial charge in [-0.25, -0.2) is 4.98 Å². The number of ether oxygens (including phenoxy) is 1. The Morgan fingerprint density at radius 2 is 2.32 bits per heavy atom. The van der Waals surface area contributed by atoms with Crippen molar-refractivity contribution in [1.82, 2.24) is 4.98 Å². The van der Waals surface area contributed by atoms with Gasteiger partial charge >= 0.3 is 0 Å². The molecule has 0 unspecified atom stereocenters. The van der Waals surface area contributed by atoms with Gasteiger partial charge in [0, 0.05) is 41.4 Å². The van der Waals surface area contributed by atoms with Crippen molar-refractivity contribution in [3.63, 3.8) is 0 Å². The molecule has 5 nitrogen and oxygen atoms in total. The number of anilines is 1. The molecule has 4 heterocycles. The minimum atomic E-state index is 0.0123. The van der Waals surface area contributed by atoms with E-state index >= 15 is 0 Å². The summed E-state index contributed by atoms with van der Waals surface area (Å²) in [4.78, 5) is 5.80. The molecular formula is C18H20ClN3O2S. The van der Waals surface area contributed by atoms with Crippen molar-refractivity contribution >= 4 is 39.7 Å². The maximum absolute atomic E-state index is 6.29. The molecule has 7 heteroatoms. The molecule has 132 valence electrons. The van der Waals surface area contributed by atoms with Gasteiger partial charge < -0.3 is 20.2 Å². The highest BCUT2D eigenvalue weighted by Gasteiger charge is 2.30. The molecule has 0 aliphatic carbocycles. The summed E-state index contributed by atoms with van der Waals surface area (Å²) in [7, 11) is 0. The molecule has 0 saturated carbocycles. The molecule has 0 spiro atoms. The third-order valence-corrected chi connectivity index (χ3v) is 5.38. The Morgan fingerprint density at radius 1 is 1.48 bits per heavy atom. The number of nitrogens with two attached hydrogens (primary N) is 1. The van der Waals surface area contributed by atoms with Crippen LogP contribution in [0, 0.1) is 0 Å². The molecule has 0 aromatic carbocycles.